The molecule has 2 heterocycles. The van der Waals surface area contributed by atoms with Gasteiger partial charge >= 0.3 is 11.9 Å². The van der Waals surface area contributed by atoms with Crippen molar-refractivity contribution in [3.8, 4) is 0 Å². The average Bonchev–Trinajstić information content (AvgIpc) is 3.19. The number of benzene rings is 2. The molecular formula is C22H21ClN4O6. The van der Waals surface area contributed by atoms with Gasteiger partial charge in [-0.2, -0.15) is 4.98 Å². The first-order valence-electron chi connectivity index (χ1n) is 9.90. The number of carbonyl (C=O) groups is 3. The number of aliphatic carboxylic acids is 2. The average molecular weight is 473 g/mol. The van der Waals surface area contributed by atoms with Gasteiger partial charge in [-0.05, 0) is 23.8 Å². The minimum absolute atomic E-state index is 0.0639. The second kappa shape index (κ2) is 11.2. The molecule has 0 bridgehead atoms. The Hall–Kier alpha value is -3.76. The van der Waals surface area contributed by atoms with Crippen molar-refractivity contribution in [3.05, 3.63) is 76.9 Å². The van der Waals surface area contributed by atoms with Crippen LogP contribution in [-0.4, -0.2) is 62.7 Å². The van der Waals surface area contributed by atoms with Crippen LogP contribution in [0.4, 0.5) is 5.69 Å². The Bertz CT molecular complexity index is 1100. The lowest BCUT2D eigenvalue weighted by molar-refractivity contribution is -0.159. The zero-order chi connectivity index (χ0) is 23.8. The van der Waals surface area contributed by atoms with Crippen molar-refractivity contribution in [2.45, 2.75) is 12.3 Å². The van der Waals surface area contributed by atoms with Crippen LogP contribution in [0.25, 0.3) is 0 Å². The minimum atomic E-state index is -1.82. The molecule has 1 aliphatic heterocycles. The quantitative estimate of drug-likeness (QED) is 0.460. The number of anilines is 1. The number of carboxylic acids is 2. The predicted octanol–water partition coefficient (Wildman–Crippen LogP) is 2.51. The molecule has 11 heteroatoms. The van der Waals surface area contributed by atoms with Crippen molar-refractivity contribution in [2.75, 3.05) is 25.0 Å². The molecule has 1 amide bonds. The molecule has 1 fully saturated rings. The van der Waals surface area contributed by atoms with Gasteiger partial charge < -0.3 is 20.1 Å². The highest BCUT2D eigenvalue weighted by Crippen LogP contribution is 2.26. The van der Waals surface area contributed by atoms with Crippen LogP contribution in [0.2, 0.25) is 5.02 Å². The highest BCUT2D eigenvalue weighted by Gasteiger charge is 2.33. The van der Waals surface area contributed by atoms with E-state index < -0.39 is 11.9 Å². The molecule has 172 valence electrons. The van der Waals surface area contributed by atoms with Crippen LogP contribution in [0.15, 0.2) is 59.1 Å². The van der Waals surface area contributed by atoms with Crippen molar-refractivity contribution in [1.82, 2.24) is 15.0 Å². The number of likely N-dealkylation sites (tertiary alicyclic amines) is 1. The molecule has 0 saturated carbocycles. The summed E-state index contributed by atoms with van der Waals surface area (Å²) in [4.78, 5) is 36.9. The largest absolute Gasteiger partial charge is 0.473 e. The maximum atomic E-state index is 12.1. The summed E-state index contributed by atoms with van der Waals surface area (Å²) in [5.41, 5.74) is 1.85. The number of aromatic nitrogens is 2. The van der Waals surface area contributed by atoms with E-state index in [0.717, 1.165) is 18.7 Å². The molecule has 1 aliphatic rings. The highest BCUT2D eigenvalue weighted by atomic mass is 35.5. The van der Waals surface area contributed by atoms with Gasteiger partial charge in [-0.25, -0.2) is 9.59 Å². The number of hydrogen-bond donors (Lipinski definition) is 3. The summed E-state index contributed by atoms with van der Waals surface area (Å²) in [6.45, 7) is 1.79. The van der Waals surface area contributed by atoms with E-state index >= 15 is 0 Å². The summed E-state index contributed by atoms with van der Waals surface area (Å²) in [6.07, 6.45) is 0.656. The molecule has 4 rings (SSSR count). The molecule has 3 N–H and O–H groups in total. The zero-order valence-electron chi connectivity index (χ0n) is 17.3. The van der Waals surface area contributed by atoms with Crippen LogP contribution in [0, 0.1) is 0 Å². The van der Waals surface area contributed by atoms with Crippen molar-refractivity contribution in [3.63, 3.8) is 0 Å². The van der Waals surface area contributed by atoms with Crippen molar-refractivity contribution in [2.24, 2.45) is 0 Å². The Balaban J connectivity index is 0.000000454. The van der Waals surface area contributed by atoms with Crippen molar-refractivity contribution >= 4 is 35.1 Å². The molecule has 0 atom stereocenters. The number of halogens is 1. The van der Waals surface area contributed by atoms with Crippen LogP contribution in [0.1, 0.15) is 23.2 Å². The summed E-state index contributed by atoms with van der Waals surface area (Å²) < 4.78 is 5.40. The lowest BCUT2D eigenvalue weighted by Crippen LogP contribution is -2.48. The summed E-state index contributed by atoms with van der Waals surface area (Å²) >= 11 is 5.93. The fraction of sp³-hybridized carbons (Fsp3) is 0.227. The van der Waals surface area contributed by atoms with Crippen LogP contribution in [0.5, 0.6) is 0 Å². The van der Waals surface area contributed by atoms with Gasteiger partial charge in [0, 0.05) is 30.2 Å². The SMILES string of the molecule is O=C(CN1CC(c2nc(Cc3ccccc3)no2)C1)Nc1cccc(Cl)c1.O=C(O)C(=O)O. The molecule has 3 aromatic rings. The topological polar surface area (TPSA) is 146 Å². The van der Waals surface area contributed by atoms with Crippen molar-refractivity contribution < 1.29 is 29.1 Å². The van der Waals surface area contributed by atoms with E-state index in [1.807, 2.05) is 41.3 Å². The Morgan fingerprint density at radius 3 is 2.39 bits per heavy atom. The number of amides is 1. The summed E-state index contributed by atoms with van der Waals surface area (Å²) in [5, 5.41) is 22.3. The number of carboxylic acid groups (broad SMARTS) is 2. The standard InChI is InChI=1S/C20H19ClN4O2.C2H2O4/c21-16-7-4-8-17(10-16)22-19(26)13-25-11-15(12-25)20-23-18(24-27-20)9-14-5-2-1-3-6-14;3-1(4)2(5)6/h1-8,10,15H,9,11-13H2,(H,22,26);(H,3,4)(H,5,6). The number of hydrogen-bond acceptors (Lipinski definition) is 7. The van der Waals surface area contributed by atoms with Gasteiger partial charge in [0.25, 0.3) is 0 Å². The Labute approximate surface area is 193 Å². The van der Waals surface area contributed by atoms with Gasteiger partial charge in [-0.15, -0.1) is 0 Å². The molecule has 1 saturated heterocycles. The summed E-state index contributed by atoms with van der Waals surface area (Å²) in [5.74, 6) is -2.20. The third-order valence-corrected chi connectivity index (χ3v) is 4.89. The normalized spacial score (nSPS) is 13.4. The molecule has 0 unspecified atom stereocenters. The van der Waals surface area contributed by atoms with Gasteiger partial charge in [-0.1, -0.05) is 53.2 Å². The third-order valence-electron chi connectivity index (χ3n) is 4.65. The van der Waals surface area contributed by atoms with E-state index in [1.165, 1.54) is 0 Å². The second-order valence-corrected chi connectivity index (χ2v) is 7.71. The van der Waals surface area contributed by atoms with Gasteiger partial charge in [-0.3, -0.25) is 9.69 Å². The first-order valence-corrected chi connectivity index (χ1v) is 10.3. The molecule has 2 aromatic carbocycles. The molecule has 1 aromatic heterocycles. The van der Waals surface area contributed by atoms with E-state index in [4.69, 9.17) is 35.9 Å². The smallest absolute Gasteiger partial charge is 0.414 e. The lowest BCUT2D eigenvalue weighted by atomic mass is 10.0. The molecule has 0 spiro atoms. The summed E-state index contributed by atoms with van der Waals surface area (Å²) in [7, 11) is 0. The number of carbonyl (C=O) groups excluding carboxylic acids is 1. The van der Waals surface area contributed by atoms with E-state index in [0.29, 0.717) is 35.4 Å². The fourth-order valence-electron chi connectivity index (χ4n) is 3.11. The Morgan fingerprint density at radius 1 is 1.06 bits per heavy atom. The van der Waals surface area contributed by atoms with E-state index in [1.54, 1.807) is 18.2 Å². The fourth-order valence-corrected chi connectivity index (χ4v) is 3.30. The van der Waals surface area contributed by atoms with Gasteiger partial charge in [0.2, 0.25) is 11.8 Å². The predicted molar refractivity (Wildman–Crippen MR) is 118 cm³/mol. The first-order chi connectivity index (χ1) is 15.8. The number of nitrogens with one attached hydrogen (secondary N) is 1. The second-order valence-electron chi connectivity index (χ2n) is 7.27. The van der Waals surface area contributed by atoms with Gasteiger partial charge in [0.05, 0.1) is 12.5 Å². The maximum absolute atomic E-state index is 12.1. The third kappa shape index (κ3) is 7.41. The van der Waals surface area contributed by atoms with Gasteiger partial charge in [0.1, 0.15) is 0 Å². The first kappa shape index (κ1) is 23.9. The minimum Gasteiger partial charge on any atom is -0.473 e. The molecule has 0 aliphatic carbocycles. The highest BCUT2D eigenvalue weighted by molar-refractivity contribution is 6.30. The van der Waals surface area contributed by atoms with Crippen LogP contribution >= 0.6 is 11.6 Å². The zero-order valence-corrected chi connectivity index (χ0v) is 18.1. The number of nitrogens with zero attached hydrogens (tertiary/aromatic N) is 3. The molecule has 10 nitrogen and oxygen atoms in total. The van der Waals surface area contributed by atoms with Crippen LogP contribution < -0.4 is 5.32 Å². The Kier molecular flexibility index (Phi) is 8.11. The maximum Gasteiger partial charge on any atom is 0.414 e. The van der Waals surface area contributed by atoms with Crippen LogP contribution in [-0.2, 0) is 20.8 Å². The van der Waals surface area contributed by atoms with Crippen molar-refractivity contribution in [1.29, 1.82) is 0 Å². The van der Waals surface area contributed by atoms with E-state index in [9.17, 15) is 4.79 Å². The Morgan fingerprint density at radius 2 is 1.76 bits per heavy atom. The van der Waals surface area contributed by atoms with E-state index in [-0.39, 0.29) is 11.8 Å². The van der Waals surface area contributed by atoms with Gasteiger partial charge in [0.15, 0.2) is 5.82 Å². The molecule has 33 heavy (non-hydrogen) atoms. The van der Waals surface area contributed by atoms with Crippen LogP contribution in [0.3, 0.4) is 0 Å². The lowest BCUT2D eigenvalue weighted by Gasteiger charge is -2.36. The number of rotatable bonds is 6. The molecule has 0 radical (unpaired) electrons. The monoisotopic (exact) mass is 472 g/mol. The summed E-state index contributed by atoms with van der Waals surface area (Å²) in [6, 6.07) is 17.2. The molecular weight excluding hydrogens is 452 g/mol. The van der Waals surface area contributed by atoms with E-state index in [2.05, 4.69) is 15.5 Å².